The molecule has 6 N–H and O–H groups in total. The van der Waals surface area contributed by atoms with Crippen molar-refractivity contribution in [3.8, 4) is 0 Å². The van der Waals surface area contributed by atoms with Gasteiger partial charge in [0.2, 0.25) is 0 Å². The Balaban J connectivity index is -0.000000366. The van der Waals surface area contributed by atoms with Crippen LogP contribution in [0.5, 0.6) is 0 Å². The lowest BCUT2D eigenvalue weighted by atomic mass is 9.96. The third-order valence-corrected chi connectivity index (χ3v) is 1.99. The fraction of sp³-hybridized carbons (Fsp3) is 0.727. The van der Waals surface area contributed by atoms with Gasteiger partial charge in [0.25, 0.3) is 0 Å². The molecule has 0 aliphatic rings. The summed E-state index contributed by atoms with van der Waals surface area (Å²) in [4.78, 5) is 30.5. The van der Waals surface area contributed by atoms with Crippen molar-refractivity contribution < 1.29 is 40.3 Å². The molecule has 0 atom stereocenters. The van der Waals surface area contributed by atoms with E-state index in [1.165, 1.54) is 19.3 Å². The second kappa shape index (κ2) is 11.4. The van der Waals surface area contributed by atoms with Crippen LogP contribution >= 0.6 is 0 Å². The Labute approximate surface area is 111 Å². The largest absolute Gasteiger partial charge is 0.481 e. The molecular weight excluding hydrogens is 260 g/mol. The van der Waals surface area contributed by atoms with Crippen LogP contribution in [0.3, 0.4) is 0 Å². The van der Waals surface area contributed by atoms with Gasteiger partial charge in [0.05, 0.1) is 12.8 Å². The van der Waals surface area contributed by atoms with E-state index in [0.29, 0.717) is 0 Å². The number of hydrogen-bond acceptors (Lipinski definition) is 4. The van der Waals surface area contributed by atoms with Crippen molar-refractivity contribution in [2.75, 3.05) is 0 Å². The molecule has 0 aromatic heterocycles. The topological polar surface area (TPSA) is 164 Å². The molecule has 0 amide bonds. The molecule has 0 fully saturated rings. The highest BCUT2D eigenvalue weighted by Crippen LogP contribution is 2.15. The number of carbonyl (C=O) groups is 3. The summed E-state index contributed by atoms with van der Waals surface area (Å²) >= 11 is 0. The SMILES string of the molecule is CCCCC.O.O=C(O)CC(O)(CC(=O)O)C(=O)O. The fourth-order valence-corrected chi connectivity index (χ4v) is 1.07. The zero-order valence-corrected chi connectivity index (χ0v) is 11.0. The first-order valence-corrected chi connectivity index (χ1v) is 5.59. The normalized spacial score (nSPS) is 9.63. The number of hydrogen-bond donors (Lipinski definition) is 4. The summed E-state index contributed by atoms with van der Waals surface area (Å²) in [5.41, 5.74) is -2.74. The monoisotopic (exact) mass is 282 g/mol. The Kier molecular flexibility index (Phi) is 13.5. The Morgan fingerprint density at radius 1 is 0.895 bits per heavy atom. The van der Waals surface area contributed by atoms with Crippen molar-refractivity contribution in [1.29, 1.82) is 0 Å². The predicted octanol–water partition coefficient (Wildman–Crippen LogP) is 0.123. The van der Waals surface area contributed by atoms with E-state index < -0.39 is 36.4 Å². The Bertz CT molecular complexity index is 268. The first-order valence-electron chi connectivity index (χ1n) is 5.59. The predicted molar refractivity (Wildman–Crippen MR) is 65.9 cm³/mol. The Morgan fingerprint density at radius 3 is 1.32 bits per heavy atom. The van der Waals surface area contributed by atoms with Crippen LogP contribution in [-0.4, -0.2) is 49.4 Å². The van der Waals surface area contributed by atoms with Crippen molar-refractivity contribution in [3.63, 3.8) is 0 Å². The van der Waals surface area contributed by atoms with E-state index in [1.807, 2.05) is 0 Å². The van der Waals surface area contributed by atoms with Crippen molar-refractivity contribution >= 4 is 17.9 Å². The quantitative estimate of drug-likeness (QED) is 0.515. The molecule has 0 spiro atoms. The Hall–Kier alpha value is -1.67. The van der Waals surface area contributed by atoms with Gasteiger partial charge < -0.3 is 25.9 Å². The molecule has 0 saturated heterocycles. The van der Waals surface area contributed by atoms with Gasteiger partial charge in [-0.05, 0) is 0 Å². The molecule has 0 aromatic rings. The van der Waals surface area contributed by atoms with Gasteiger partial charge in [-0.3, -0.25) is 9.59 Å². The minimum atomic E-state index is -2.74. The molecule has 0 unspecified atom stereocenters. The van der Waals surface area contributed by atoms with Gasteiger partial charge >= 0.3 is 17.9 Å². The van der Waals surface area contributed by atoms with Crippen molar-refractivity contribution in [1.82, 2.24) is 0 Å². The molecule has 114 valence electrons. The highest BCUT2D eigenvalue weighted by atomic mass is 16.4. The van der Waals surface area contributed by atoms with Gasteiger partial charge in [0, 0.05) is 0 Å². The van der Waals surface area contributed by atoms with Crippen LogP contribution in [0.25, 0.3) is 0 Å². The third-order valence-electron chi connectivity index (χ3n) is 1.99. The minimum absolute atomic E-state index is 0. The number of aliphatic hydroxyl groups is 1. The standard InChI is InChI=1S/C6H8O7.C5H12.H2O/c7-3(8)1-6(13,5(11)12)2-4(9)10;1-3-5-4-2;/h13H,1-2H2,(H,7,8)(H,9,10)(H,11,12);3-5H2,1-2H3;1H2. The van der Waals surface area contributed by atoms with Gasteiger partial charge in [-0.15, -0.1) is 0 Å². The summed E-state index contributed by atoms with van der Waals surface area (Å²) in [5, 5.41) is 33.8. The molecule has 0 aliphatic heterocycles. The van der Waals surface area contributed by atoms with Gasteiger partial charge in [-0.1, -0.05) is 33.1 Å². The fourth-order valence-electron chi connectivity index (χ4n) is 1.07. The summed E-state index contributed by atoms with van der Waals surface area (Å²) in [6.07, 6.45) is 1.79. The van der Waals surface area contributed by atoms with Crippen LogP contribution in [0.1, 0.15) is 46.0 Å². The number of unbranched alkanes of at least 4 members (excludes halogenated alkanes) is 2. The second-order valence-electron chi connectivity index (χ2n) is 3.83. The molecule has 0 bridgehead atoms. The zero-order valence-electron chi connectivity index (χ0n) is 11.0. The second-order valence-corrected chi connectivity index (χ2v) is 3.83. The number of aliphatic carboxylic acids is 3. The highest BCUT2D eigenvalue weighted by Gasteiger charge is 2.40. The average molecular weight is 282 g/mol. The van der Waals surface area contributed by atoms with E-state index in [1.54, 1.807) is 0 Å². The number of carboxylic acids is 3. The van der Waals surface area contributed by atoms with Gasteiger partial charge in [0.1, 0.15) is 0 Å². The summed E-state index contributed by atoms with van der Waals surface area (Å²) in [7, 11) is 0. The molecule has 0 saturated carbocycles. The molecule has 8 heteroatoms. The molecule has 8 nitrogen and oxygen atoms in total. The molecular formula is C11H22O8. The average Bonchev–Trinajstić information content (AvgIpc) is 2.16. The van der Waals surface area contributed by atoms with E-state index in [-0.39, 0.29) is 5.48 Å². The lowest BCUT2D eigenvalue weighted by molar-refractivity contribution is -0.170. The molecule has 0 aliphatic carbocycles. The van der Waals surface area contributed by atoms with Crippen LogP contribution in [-0.2, 0) is 14.4 Å². The van der Waals surface area contributed by atoms with E-state index in [4.69, 9.17) is 20.4 Å². The maximum absolute atomic E-state index is 10.3. The van der Waals surface area contributed by atoms with Crippen molar-refractivity contribution in [3.05, 3.63) is 0 Å². The van der Waals surface area contributed by atoms with Crippen LogP contribution < -0.4 is 0 Å². The highest BCUT2D eigenvalue weighted by molar-refractivity contribution is 5.88. The molecule has 0 heterocycles. The molecule has 0 rings (SSSR count). The smallest absolute Gasteiger partial charge is 0.336 e. The van der Waals surface area contributed by atoms with Crippen LogP contribution in [0.15, 0.2) is 0 Å². The number of carboxylic acid groups (broad SMARTS) is 3. The first-order chi connectivity index (χ1) is 8.19. The summed E-state index contributed by atoms with van der Waals surface area (Å²) < 4.78 is 0. The lowest BCUT2D eigenvalue weighted by Gasteiger charge is -2.18. The summed E-state index contributed by atoms with van der Waals surface area (Å²) in [5.74, 6) is -5.02. The van der Waals surface area contributed by atoms with E-state index in [0.717, 1.165) is 0 Å². The van der Waals surface area contributed by atoms with E-state index >= 15 is 0 Å². The van der Waals surface area contributed by atoms with Gasteiger partial charge in [-0.25, -0.2) is 4.79 Å². The lowest BCUT2D eigenvalue weighted by Crippen LogP contribution is -2.42. The first kappa shape index (κ1) is 22.5. The molecule has 0 aromatic carbocycles. The third kappa shape index (κ3) is 12.6. The molecule has 19 heavy (non-hydrogen) atoms. The van der Waals surface area contributed by atoms with Gasteiger partial charge in [0.15, 0.2) is 5.60 Å². The van der Waals surface area contributed by atoms with Crippen molar-refractivity contribution in [2.24, 2.45) is 0 Å². The van der Waals surface area contributed by atoms with Crippen molar-refractivity contribution in [2.45, 2.75) is 51.6 Å². The van der Waals surface area contributed by atoms with E-state index in [2.05, 4.69) is 13.8 Å². The van der Waals surface area contributed by atoms with Crippen LogP contribution in [0, 0.1) is 0 Å². The summed E-state index contributed by atoms with van der Waals surface area (Å²) in [6, 6.07) is 0. The molecule has 0 radical (unpaired) electrons. The zero-order chi connectivity index (χ0) is 14.8. The Morgan fingerprint density at radius 2 is 1.21 bits per heavy atom. The number of rotatable bonds is 7. The van der Waals surface area contributed by atoms with Crippen LogP contribution in [0.4, 0.5) is 0 Å². The minimum Gasteiger partial charge on any atom is -0.481 e. The van der Waals surface area contributed by atoms with E-state index in [9.17, 15) is 14.4 Å². The maximum atomic E-state index is 10.3. The van der Waals surface area contributed by atoms with Crippen LogP contribution in [0.2, 0.25) is 0 Å². The van der Waals surface area contributed by atoms with Gasteiger partial charge in [-0.2, -0.15) is 0 Å². The summed E-state index contributed by atoms with van der Waals surface area (Å²) in [6.45, 7) is 4.42. The maximum Gasteiger partial charge on any atom is 0.336 e.